The lowest BCUT2D eigenvalue weighted by Crippen LogP contribution is -2.43. The smallest absolute Gasteiger partial charge is 0.236 e. The molecule has 0 aliphatic carbocycles. The monoisotopic (exact) mass is 224 g/mol. The summed E-state index contributed by atoms with van der Waals surface area (Å²) >= 11 is 0. The number of H-pyrrole nitrogens is 1. The van der Waals surface area contributed by atoms with Gasteiger partial charge in [0.15, 0.2) is 0 Å². The highest BCUT2D eigenvalue weighted by Crippen LogP contribution is 1.93. The van der Waals surface area contributed by atoms with Crippen LogP contribution in [0, 0.1) is 5.92 Å². The Labute approximate surface area is 96.0 Å². The SMILES string of the molecule is CC(C)CNC(=O)C(C)NCc1ccn[nH]1. The van der Waals surface area contributed by atoms with Gasteiger partial charge >= 0.3 is 0 Å². The van der Waals surface area contributed by atoms with Crippen LogP contribution in [-0.4, -0.2) is 28.7 Å². The fourth-order valence-corrected chi connectivity index (χ4v) is 1.20. The molecule has 0 aliphatic heterocycles. The van der Waals surface area contributed by atoms with Gasteiger partial charge in [0.2, 0.25) is 5.91 Å². The van der Waals surface area contributed by atoms with Gasteiger partial charge in [0.25, 0.3) is 0 Å². The van der Waals surface area contributed by atoms with Crippen molar-refractivity contribution in [3.63, 3.8) is 0 Å². The Morgan fingerprint density at radius 1 is 1.50 bits per heavy atom. The lowest BCUT2D eigenvalue weighted by molar-refractivity contribution is -0.122. The second kappa shape index (κ2) is 6.27. The van der Waals surface area contributed by atoms with E-state index in [1.807, 2.05) is 13.0 Å². The Morgan fingerprint density at radius 3 is 2.81 bits per heavy atom. The van der Waals surface area contributed by atoms with E-state index < -0.39 is 0 Å². The average molecular weight is 224 g/mol. The highest BCUT2D eigenvalue weighted by atomic mass is 16.2. The van der Waals surface area contributed by atoms with Crippen molar-refractivity contribution >= 4 is 5.91 Å². The van der Waals surface area contributed by atoms with Crippen molar-refractivity contribution in [3.05, 3.63) is 18.0 Å². The number of hydrogen-bond acceptors (Lipinski definition) is 3. The molecule has 0 spiro atoms. The number of hydrogen-bond donors (Lipinski definition) is 3. The van der Waals surface area contributed by atoms with Crippen LogP contribution in [0.25, 0.3) is 0 Å². The van der Waals surface area contributed by atoms with Crippen LogP contribution in [0.5, 0.6) is 0 Å². The van der Waals surface area contributed by atoms with Crippen LogP contribution < -0.4 is 10.6 Å². The van der Waals surface area contributed by atoms with Gasteiger partial charge in [0, 0.05) is 25.0 Å². The molecule has 0 radical (unpaired) electrons. The predicted octanol–water partition coefficient (Wildman–Crippen LogP) is 0.660. The van der Waals surface area contributed by atoms with E-state index in [2.05, 4.69) is 34.7 Å². The van der Waals surface area contributed by atoms with E-state index in [-0.39, 0.29) is 11.9 Å². The summed E-state index contributed by atoms with van der Waals surface area (Å²) in [5, 5.41) is 12.7. The zero-order valence-electron chi connectivity index (χ0n) is 10.1. The number of nitrogens with one attached hydrogen (secondary N) is 3. The summed E-state index contributed by atoms with van der Waals surface area (Å²) < 4.78 is 0. The van der Waals surface area contributed by atoms with E-state index in [0.29, 0.717) is 12.5 Å². The Hall–Kier alpha value is -1.36. The van der Waals surface area contributed by atoms with Crippen molar-refractivity contribution in [1.29, 1.82) is 0 Å². The number of carbonyl (C=O) groups excluding carboxylic acids is 1. The summed E-state index contributed by atoms with van der Waals surface area (Å²) in [6.45, 7) is 7.34. The molecular formula is C11H20N4O. The van der Waals surface area contributed by atoms with Crippen molar-refractivity contribution in [3.8, 4) is 0 Å². The van der Waals surface area contributed by atoms with E-state index >= 15 is 0 Å². The number of carbonyl (C=O) groups is 1. The normalized spacial score (nSPS) is 12.8. The standard InChI is InChI=1S/C11H20N4O/c1-8(2)6-13-11(16)9(3)12-7-10-4-5-14-15-10/h4-5,8-9,12H,6-7H2,1-3H3,(H,13,16)(H,14,15). The predicted molar refractivity (Wildman–Crippen MR) is 62.7 cm³/mol. The van der Waals surface area contributed by atoms with Gasteiger partial charge in [-0.25, -0.2) is 0 Å². The largest absolute Gasteiger partial charge is 0.354 e. The van der Waals surface area contributed by atoms with E-state index in [1.165, 1.54) is 0 Å². The fourth-order valence-electron chi connectivity index (χ4n) is 1.20. The summed E-state index contributed by atoms with van der Waals surface area (Å²) in [6, 6.07) is 1.69. The topological polar surface area (TPSA) is 69.8 Å². The third-order valence-electron chi connectivity index (χ3n) is 2.23. The summed E-state index contributed by atoms with van der Waals surface area (Å²) in [6.07, 6.45) is 1.69. The lowest BCUT2D eigenvalue weighted by atomic mass is 10.2. The first-order valence-electron chi connectivity index (χ1n) is 5.59. The minimum Gasteiger partial charge on any atom is -0.354 e. The van der Waals surface area contributed by atoms with Crippen LogP contribution in [0.3, 0.4) is 0 Å². The van der Waals surface area contributed by atoms with Crippen LogP contribution in [-0.2, 0) is 11.3 Å². The first kappa shape index (κ1) is 12.7. The van der Waals surface area contributed by atoms with Gasteiger partial charge in [-0.05, 0) is 18.9 Å². The minimum atomic E-state index is -0.193. The van der Waals surface area contributed by atoms with E-state index in [9.17, 15) is 4.79 Å². The maximum absolute atomic E-state index is 11.6. The molecule has 16 heavy (non-hydrogen) atoms. The fraction of sp³-hybridized carbons (Fsp3) is 0.636. The molecule has 0 aromatic carbocycles. The maximum atomic E-state index is 11.6. The summed E-state index contributed by atoms with van der Waals surface area (Å²) in [5.41, 5.74) is 0.975. The molecule has 1 aromatic heterocycles. The highest BCUT2D eigenvalue weighted by molar-refractivity contribution is 5.81. The highest BCUT2D eigenvalue weighted by Gasteiger charge is 2.11. The van der Waals surface area contributed by atoms with Crippen LogP contribution in [0.15, 0.2) is 12.3 Å². The van der Waals surface area contributed by atoms with E-state index in [0.717, 1.165) is 12.2 Å². The molecule has 1 atom stereocenters. The average Bonchev–Trinajstić information content (AvgIpc) is 2.75. The molecule has 90 valence electrons. The molecule has 1 rings (SSSR count). The first-order chi connectivity index (χ1) is 7.59. The number of aromatic amines is 1. The summed E-state index contributed by atoms with van der Waals surface area (Å²) in [4.78, 5) is 11.6. The van der Waals surface area contributed by atoms with Crippen LogP contribution in [0.4, 0.5) is 0 Å². The van der Waals surface area contributed by atoms with E-state index in [1.54, 1.807) is 6.20 Å². The van der Waals surface area contributed by atoms with Gasteiger partial charge in [0.1, 0.15) is 0 Å². The van der Waals surface area contributed by atoms with Gasteiger partial charge < -0.3 is 10.6 Å². The van der Waals surface area contributed by atoms with Crippen LogP contribution >= 0.6 is 0 Å². The minimum absolute atomic E-state index is 0.0354. The number of amides is 1. The molecule has 3 N–H and O–H groups in total. The van der Waals surface area contributed by atoms with Crippen molar-refractivity contribution in [2.75, 3.05) is 6.54 Å². The summed E-state index contributed by atoms with van der Waals surface area (Å²) in [7, 11) is 0. The molecule has 1 amide bonds. The summed E-state index contributed by atoms with van der Waals surface area (Å²) in [5.74, 6) is 0.511. The second-order valence-electron chi connectivity index (χ2n) is 4.32. The molecule has 0 fully saturated rings. The number of rotatable bonds is 6. The maximum Gasteiger partial charge on any atom is 0.236 e. The second-order valence-corrected chi connectivity index (χ2v) is 4.32. The van der Waals surface area contributed by atoms with Gasteiger partial charge in [-0.3, -0.25) is 9.89 Å². The van der Waals surface area contributed by atoms with Gasteiger partial charge in [-0.1, -0.05) is 13.8 Å². The van der Waals surface area contributed by atoms with Crippen molar-refractivity contribution < 1.29 is 4.79 Å². The van der Waals surface area contributed by atoms with Crippen molar-refractivity contribution in [2.45, 2.75) is 33.4 Å². The zero-order chi connectivity index (χ0) is 12.0. The zero-order valence-corrected chi connectivity index (χ0v) is 10.1. The van der Waals surface area contributed by atoms with E-state index in [4.69, 9.17) is 0 Å². The van der Waals surface area contributed by atoms with Gasteiger partial charge in [-0.2, -0.15) is 5.10 Å². The molecule has 1 aromatic rings. The molecule has 0 saturated carbocycles. The van der Waals surface area contributed by atoms with Crippen molar-refractivity contribution in [1.82, 2.24) is 20.8 Å². The number of nitrogens with zero attached hydrogens (tertiary/aromatic N) is 1. The lowest BCUT2D eigenvalue weighted by Gasteiger charge is -2.14. The molecular weight excluding hydrogens is 204 g/mol. The quantitative estimate of drug-likeness (QED) is 0.665. The molecule has 1 unspecified atom stereocenters. The molecule has 5 nitrogen and oxygen atoms in total. The molecule has 0 bridgehead atoms. The third kappa shape index (κ3) is 4.44. The van der Waals surface area contributed by atoms with Gasteiger partial charge in [-0.15, -0.1) is 0 Å². The third-order valence-corrected chi connectivity index (χ3v) is 2.23. The Kier molecular flexibility index (Phi) is 4.98. The Bertz CT molecular complexity index is 308. The Morgan fingerprint density at radius 2 is 2.25 bits per heavy atom. The number of aromatic nitrogens is 2. The first-order valence-corrected chi connectivity index (χ1v) is 5.59. The van der Waals surface area contributed by atoms with Crippen molar-refractivity contribution in [2.24, 2.45) is 5.92 Å². The Balaban J connectivity index is 2.23. The van der Waals surface area contributed by atoms with Crippen LogP contribution in [0.1, 0.15) is 26.5 Å². The van der Waals surface area contributed by atoms with Crippen LogP contribution in [0.2, 0.25) is 0 Å². The van der Waals surface area contributed by atoms with Gasteiger partial charge in [0.05, 0.1) is 6.04 Å². The molecule has 0 aliphatic rings. The molecule has 1 heterocycles. The molecule has 5 heteroatoms. The molecule has 0 saturated heterocycles.